The van der Waals surface area contributed by atoms with Crippen molar-refractivity contribution in [3.63, 3.8) is 0 Å². The number of phenols is 1. The number of rotatable bonds is 4. The van der Waals surface area contributed by atoms with Gasteiger partial charge in [0.05, 0.1) is 6.61 Å². The summed E-state index contributed by atoms with van der Waals surface area (Å²) >= 11 is 0. The van der Waals surface area contributed by atoms with Gasteiger partial charge in [-0.25, -0.2) is 0 Å². The van der Waals surface area contributed by atoms with E-state index in [4.69, 9.17) is 5.11 Å². The molecule has 2 nitrogen and oxygen atoms in total. The van der Waals surface area contributed by atoms with Gasteiger partial charge in [0.1, 0.15) is 5.75 Å². The SMILES string of the molecule is C/C(=C/CO)c1cc(C(C)C)cc(C(C)C)c1O. The van der Waals surface area contributed by atoms with Gasteiger partial charge in [-0.15, -0.1) is 0 Å². The fraction of sp³-hybridized carbons (Fsp3) is 0.500. The van der Waals surface area contributed by atoms with Crippen LogP contribution in [-0.4, -0.2) is 16.8 Å². The van der Waals surface area contributed by atoms with Gasteiger partial charge in [0.25, 0.3) is 0 Å². The van der Waals surface area contributed by atoms with Crippen LogP contribution in [-0.2, 0) is 0 Å². The Morgan fingerprint density at radius 2 is 1.78 bits per heavy atom. The zero-order chi connectivity index (χ0) is 13.9. The van der Waals surface area contributed by atoms with Crippen molar-refractivity contribution in [1.29, 1.82) is 0 Å². The van der Waals surface area contributed by atoms with Gasteiger partial charge in [-0.05, 0) is 41.5 Å². The van der Waals surface area contributed by atoms with Crippen LogP contribution < -0.4 is 0 Å². The summed E-state index contributed by atoms with van der Waals surface area (Å²) in [5.41, 5.74) is 3.94. The Bertz CT molecular complexity index is 443. The highest BCUT2D eigenvalue weighted by molar-refractivity contribution is 5.71. The molecule has 1 rings (SSSR count). The van der Waals surface area contributed by atoms with E-state index in [-0.39, 0.29) is 12.5 Å². The van der Waals surface area contributed by atoms with E-state index in [0.29, 0.717) is 11.7 Å². The average molecular weight is 248 g/mol. The smallest absolute Gasteiger partial charge is 0.126 e. The molecular formula is C16H24O2. The Hall–Kier alpha value is -1.28. The summed E-state index contributed by atoms with van der Waals surface area (Å²) in [5.74, 6) is 1.05. The molecule has 0 aromatic heterocycles. The summed E-state index contributed by atoms with van der Waals surface area (Å²) in [7, 11) is 0. The van der Waals surface area contributed by atoms with Crippen LogP contribution in [0.4, 0.5) is 0 Å². The third-order valence-corrected chi connectivity index (χ3v) is 3.27. The molecule has 18 heavy (non-hydrogen) atoms. The number of benzene rings is 1. The quantitative estimate of drug-likeness (QED) is 0.844. The van der Waals surface area contributed by atoms with E-state index in [1.165, 1.54) is 5.56 Å². The second-order valence-corrected chi connectivity index (χ2v) is 5.39. The molecule has 0 heterocycles. The third kappa shape index (κ3) is 3.14. The van der Waals surface area contributed by atoms with Crippen molar-refractivity contribution in [3.05, 3.63) is 34.9 Å². The molecule has 1 aromatic carbocycles. The Kier molecular flexibility index (Phi) is 4.97. The molecule has 0 radical (unpaired) electrons. The van der Waals surface area contributed by atoms with Crippen LogP contribution in [0.3, 0.4) is 0 Å². The van der Waals surface area contributed by atoms with Crippen molar-refractivity contribution in [2.24, 2.45) is 0 Å². The molecule has 100 valence electrons. The second kappa shape index (κ2) is 6.05. The molecule has 0 amide bonds. The maximum Gasteiger partial charge on any atom is 0.126 e. The van der Waals surface area contributed by atoms with Gasteiger partial charge in [-0.1, -0.05) is 39.8 Å². The van der Waals surface area contributed by atoms with Gasteiger partial charge >= 0.3 is 0 Å². The van der Waals surface area contributed by atoms with E-state index >= 15 is 0 Å². The van der Waals surface area contributed by atoms with Crippen molar-refractivity contribution in [2.75, 3.05) is 6.61 Å². The molecule has 0 bridgehead atoms. The fourth-order valence-electron chi connectivity index (χ4n) is 2.00. The largest absolute Gasteiger partial charge is 0.507 e. The van der Waals surface area contributed by atoms with Gasteiger partial charge in [-0.2, -0.15) is 0 Å². The van der Waals surface area contributed by atoms with Crippen LogP contribution in [0.25, 0.3) is 5.57 Å². The van der Waals surface area contributed by atoms with Crippen molar-refractivity contribution in [2.45, 2.75) is 46.5 Å². The summed E-state index contributed by atoms with van der Waals surface area (Å²) < 4.78 is 0. The first kappa shape index (κ1) is 14.8. The van der Waals surface area contributed by atoms with Gasteiger partial charge in [0.2, 0.25) is 0 Å². The number of aliphatic hydroxyl groups is 1. The van der Waals surface area contributed by atoms with Gasteiger partial charge in [0, 0.05) is 5.56 Å². The van der Waals surface area contributed by atoms with Crippen LogP contribution in [0.15, 0.2) is 18.2 Å². The molecule has 0 atom stereocenters. The summed E-state index contributed by atoms with van der Waals surface area (Å²) in [4.78, 5) is 0. The molecule has 0 aliphatic rings. The van der Waals surface area contributed by atoms with E-state index < -0.39 is 0 Å². The molecule has 0 fully saturated rings. The monoisotopic (exact) mass is 248 g/mol. The Morgan fingerprint density at radius 3 is 2.22 bits per heavy atom. The first-order valence-corrected chi connectivity index (χ1v) is 6.53. The highest BCUT2D eigenvalue weighted by atomic mass is 16.3. The van der Waals surface area contributed by atoms with E-state index in [1.54, 1.807) is 6.08 Å². The third-order valence-electron chi connectivity index (χ3n) is 3.27. The number of allylic oxidation sites excluding steroid dienone is 1. The predicted molar refractivity (Wildman–Crippen MR) is 77.0 cm³/mol. The van der Waals surface area contributed by atoms with Crippen molar-refractivity contribution in [1.82, 2.24) is 0 Å². The van der Waals surface area contributed by atoms with Crippen molar-refractivity contribution >= 4 is 5.57 Å². The molecule has 0 aliphatic carbocycles. The van der Waals surface area contributed by atoms with Gasteiger partial charge in [0.15, 0.2) is 0 Å². The van der Waals surface area contributed by atoms with Crippen LogP contribution in [0, 0.1) is 0 Å². The molecule has 0 saturated carbocycles. The molecule has 2 heteroatoms. The molecular weight excluding hydrogens is 224 g/mol. The minimum atomic E-state index is -0.00576. The zero-order valence-corrected chi connectivity index (χ0v) is 12.0. The van der Waals surface area contributed by atoms with Crippen molar-refractivity contribution in [3.8, 4) is 5.75 Å². The molecule has 0 saturated heterocycles. The predicted octanol–water partition coefficient (Wildman–Crippen LogP) is 4.03. The standard InChI is InChI=1S/C16H24O2/c1-10(2)13-8-14(11(3)4)16(18)15(9-13)12(5)6-7-17/h6,8-11,17-18H,7H2,1-5H3/b12-6-. The highest BCUT2D eigenvalue weighted by Gasteiger charge is 2.15. The first-order chi connectivity index (χ1) is 8.38. The molecule has 0 spiro atoms. The minimum absolute atomic E-state index is 0.00576. The lowest BCUT2D eigenvalue weighted by Crippen LogP contribution is -1.98. The number of hydrogen-bond donors (Lipinski definition) is 2. The summed E-state index contributed by atoms with van der Waals surface area (Å²) in [6.45, 7) is 10.4. The first-order valence-electron chi connectivity index (χ1n) is 6.53. The lowest BCUT2D eigenvalue weighted by Gasteiger charge is -2.17. The number of aromatic hydroxyl groups is 1. The normalized spacial score (nSPS) is 12.6. The van der Waals surface area contributed by atoms with Crippen LogP contribution in [0.5, 0.6) is 5.75 Å². The van der Waals surface area contributed by atoms with E-state index in [9.17, 15) is 5.11 Å². The van der Waals surface area contributed by atoms with E-state index in [2.05, 4.69) is 33.8 Å². The van der Waals surface area contributed by atoms with Gasteiger partial charge < -0.3 is 10.2 Å². The lowest BCUT2D eigenvalue weighted by molar-refractivity contribution is 0.343. The average Bonchev–Trinajstić information content (AvgIpc) is 2.28. The van der Waals surface area contributed by atoms with Crippen molar-refractivity contribution < 1.29 is 10.2 Å². The molecule has 0 aliphatic heterocycles. The van der Waals surface area contributed by atoms with Gasteiger partial charge in [-0.3, -0.25) is 0 Å². The topological polar surface area (TPSA) is 40.5 Å². The Balaban J connectivity index is 3.45. The summed E-state index contributed by atoms with van der Waals surface area (Å²) in [6, 6.07) is 4.10. The lowest BCUT2D eigenvalue weighted by atomic mass is 9.90. The van der Waals surface area contributed by atoms with Crippen LogP contribution >= 0.6 is 0 Å². The minimum Gasteiger partial charge on any atom is -0.507 e. The summed E-state index contributed by atoms with van der Waals surface area (Å²) in [5, 5.41) is 19.3. The Labute approximate surface area is 110 Å². The highest BCUT2D eigenvalue weighted by Crippen LogP contribution is 2.36. The van der Waals surface area contributed by atoms with E-state index in [1.807, 2.05) is 13.0 Å². The molecule has 2 N–H and O–H groups in total. The molecule has 0 unspecified atom stereocenters. The maximum absolute atomic E-state index is 10.3. The second-order valence-electron chi connectivity index (χ2n) is 5.39. The van der Waals surface area contributed by atoms with Crippen LogP contribution in [0.2, 0.25) is 0 Å². The summed E-state index contributed by atoms with van der Waals surface area (Å²) in [6.07, 6.45) is 1.73. The number of phenolic OH excluding ortho intramolecular Hbond substituents is 1. The van der Waals surface area contributed by atoms with Crippen LogP contribution in [0.1, 0.15) is 63.1 Å². The maximum atomic E-state index is 10.3. The molecule has 1 aromatic rings. The Morgan fingerprint density at radius 1 is 1.17 bits per heavy atom. The number of aliphatic hydroxyl groups excluding tert-OH is 1. The fourth-order valence-corrected chi connectivity index (χ4v) is 2.00. The number of hydrogen-bond acceptors (Lipinski definition) is 2. The van der Waals surface area contributed by atoms with E-state index in [0.717, 1.165) is 16.7 Å². The zero-order valence-electron chi connectivity index (χ0n) is 12.0.